The molecule has 138 valence electrons. The van der Waals surface area contributed by atoms with Crippen LogP contribution >= 0.6 is 0 Å². The predicted molar refractivity (Wildman–Crippen MR) is 101 cm³/mol. The van der Waals surface area contributed by atoms with Gasteiger partial charge in [0, 0.05) is 6.08 Å². The maximum atomic E-state index is 10.6. The first kappa shape index (κ1) is 19.4. The van der Waals surface area contributed by atoms with Gasteiger partial charge in [-0.1, -0.05) is 12.1 Å². The van der Waals surface area contributed by atoms with Gasteiger partial charge < -0.3 is 19.3 Å². The zero-order valence-corrected chi connectivity index (χ0v) is 15.3. The Labute approximate surface area is 153 Å². The number of rotatable bonds is 9. The standard InChI is InChI=1S/C21H24O5/c1-4-24-20-14-17(6-8-21(22)23)5-7-19(20)26-10-9-25-18-12-15(2)11-16(3)13-18/h5-8,11-14H,4,9-10H2,1-3H3,(H,22,23)/b8-6+. The van der Waals surface area contributed by atoms with E-state index < -0.39 is 5.97 Å². The lowest BCUT2D eigenvalue weighted by molar-refractivity contribution is -0.131. The van der Waals surface area contributed by atoms with E-state index in [9.17, 15) is 4.79 Å². The third-order valence-corrected chi connectivity index (χ3v) is 3.49. The lowest BCUT2D eigenvalue weighted by Gasteiger charge is -2.13. The molecule has 0 saturated heterocycles. The second-order valence-electron chi connectivity index (χ2n) is 5.83. The van der Waals surface area contributed by atoms with Gasteiger partial charge in [0.15, 0.2) is 11.5 Å². The minimum atomic E-state index is -0.994. The van der Waals surface area contributed by atoms with Crippen molar-refractivity contribution in [2.75, 3.05) is 19.8 Å². The van der Waals surface area contributed by atoms with Crippen molar-refractivity contribution in [1.82, 2.24) is 0 Å². The summed E-state index contributed by atoms with van der Waals surface area (Å²) in [5, 5.41) is 8.72. The third-order valence-electron chi connectivity index (χ3n) is 3.49. The Balaban J connectivity index is 1.96. The van der Waals surface area contributed by atoms with E-state index in [1.54, 1.807) is 18.2 Å². The molecule has 26 heavy (non-hydrogen) atoms. The SMILES string of the molecule is CCOc1cc(/C=C/C(=O)O)ccc1OCCOc1cc(C)cc(C)c1. The van der Waals surface area contributed by atoms with Gasteiger partial charge in [-0.3, -0.25) is 0 Å². The molecule has 0 radical (unpaired) electrons. The van der Waals surface area contributed by atoms with E-state index in [4.69, 9.17) is 19.3 Å². The molecule has 2 aromatic carbocycles. The minimum Gasteiger partial charge on any atom is -0.490 e. The number of hydrogen-bond acceptors (Lipinski definition) is 4. The number of aliphatic carboxylic acids is 1. The van der Waals surface area contributed by atoms with Crippen LogP contribution in [0.2, 0.25) is 0 Å². The predicted octanol–water partition coefficient (Wildman–Crippen LogP) is 4.26. The van der Waals surface area contributed by atoms with E-state index in [-0.39, 0.29) is 0 Å². The summed E-state index contributed by atoms with van der Waals surface area (Å²) >= 11 is 0. The zero-order chi connectivity index (χ0) is 18.9. The molecule has 0 unspecified atom stereocenters. The van der Waals surface area contributed by atoms with Gasteiger partial charge in [-0.2, -0.15) is 0 Å². The highest BCUT2D eigenvalue weighted by Gasteiger charge is 2.06. The van der Waals surface area contributed by atoms with Gasteiger partial charge in [0.1, 0.15) is 19.0 Å². The lowest BCUT2D eigenvalue weighted by Crippen LogP contribution is -2.10. The van der Waals surface area contributed by atoms with Crippen molar-refractivity contribution in [3.8, 4) is 17.2 Å². The molecule has 2 rings (SSSR count). The largest absolute Gasteiger partial charge is 0.490 e. The summed E-state index contributed by atoms with van der Waals surface area (Å²) in [6.45, 7) is 7.22. The maximum Gasteiger partial charge on any atom is 0.328 e. The number of carbonyl (C=O) groups is 1. The Morgan fingerprint density at radius 1 is 0.962 bits per heavy atom. The summed E-state index contributed by atoms with van der Waals surface area (Å²) in [4.78, 5) is 10.6. The van der Waals surface area contributed by atoms with E-state index in [2.05, 4.69) is 6.07 Å². The summed E-state index contributed by atoms with van der Waals surface area (Å²) in [7, 11) is 0. The normalized spacial score (nSPS) is 10.7. The quantitative estimate of drug-likeness (QED) is 0.537. The molecule has 0 aromatic heterocycles. The zero-order valence-electron chi connectivity index (χ0n) is 15.3. The first-order chi connectivity index (χ1) is 12.5. The van der Waals surface area contributed by atoms with Crippen molar-refractivity contribution in [3.05, 3.63) is 59.2 Å². The fraction of sp³-hybridized carbons (Fsp3) is 0.286. The number of carboxylic acids is 1. The summed E-state index contributed by atoms with van der Waals surface area (Å²) in [5.41, 5.74) is 3.05. The number of benzene rings is 2. The monoisotopic (exact) mass is 356 g/mol. The fourth-order valence-corrected chi connectivity index (χ4v) is 2.51. The molecule has 0 saturated carbocycles. The average Bonchev–Trinajstić information content (AvgIpc) is 2.57. The Morgan fingerprint density at radius 3 is 2.31 bits per heavy atom. The van der Waals surface area contributed by atoms with E-state index in [1.807, 2.05) is 32.9 Å². The van der Waals surface area contributed by atoms with Crippen molar-refractivity contribution < 1.29 is 24.1 Å². The lowest BCUT2D eigenvalue weighted by atomic mass is 10.1. The molecule has 5 heteroatoms. The molecule has 5 nitrogen and oxygen atoms in total. The second kappa shape index (κ2) is 9.51. The molecule has 0 fully saturated rings. The van der Waals surface area contributed by atoms with Crippen LogP contribution in [0, 0.1) is 13.8 Å². The Bertz CT molecular complexity index is 760. The Kier molecular flexibility index (Phi) is 7.09. The fourth-order valence-electron chi connectivity index (χ4n) is 2.51. The first-order valence-corrected chi connectivity index (χ1v) is 8.49. The van der Waals surface area contributed by atoms with Gasteiger partial charge in [-0.05, 0) is 67.8 Å². The number of ether oxygens (including phenoxy) is 3. The van der Waals surface area contributed by atoms with Gasteiger partial charge >= 0.3 is 5.97 Å². The minimum absolute atomic E-state index is 0.372. The molecule has 0 spiro atoms. The van der Waals surface area contributed by atoms with Gasteiger partial charge in [0.2, 0.25) is 0 Å². The first-order valence-electron chi connectivity index (χ1n) is 8.49. The molecule has 1 N–H and O–H groups in total. The molecule has 0 bridgehead atoms. The van der Waals surface area contributed by atoms with Crippen LogP contribution in [0.1, 0.15) is 23.6 Å². The van der Waals surface area contributed by atoms with E-state index in [0.29, 0.717) is 31.3 Å². The third kappa shape index (κ3) is 6.16. The summed E-state index contributed by atoms with van der Waals surface area (Å²) in [6, 6.07) is 11.4. The van der Waals surface area contributed by atoms with Crippen LogP contribution in [0.5, 0.6) is 17.2 Å². The second-order valence-corrected chi connectivity index (χ2v) is 5.83. The summed E-state index contributed by atoms with van der Waals surface area (Å²) in [6.07, 6.45) is 2.60. The Morgan fingerprint density at radius 2 is 1.65 bits per heavy atom. The maximum absolute atomic E-state index is 10.6. The topological polar surface area (TPSA) is 65.0 Å². The van der Waals surface area contributed by atoms with Crippen LogP contribution in [-0.4, -0.2) is 30.9 Å². The Hall–Kier alpha value is -2.95. The molecule has 0 atom stereocenters. The number of aryl methyl sites for hydroxylation is 2. The highest BCUT2D eigenvalue weighted by atomic mass is 16.5. The van der Waals surface area contributed by atoms with Crippen LogP contribution in [0.3, 0.4) is 0 Å². The van der Waals surface area contributed by atoms with Crippen molar-refractivity contribution in [3.63, 3.8) is 0 Å². The van der Waals surface area contributed by atoms with Gasteiger partial charge in [-0.25, -0.2) is 4.79 Å². The molecule has 0 heterocycles. The van der Waals surface area contributed by atoms with Crippen LogP contribution in [-0.2, 0) is 4.79 Å². The van der Waals surface area contributed by atoms with Crippen LogP contribution < -0.4 is 14.2 Å². The van der Waals surface area contributed by atoms with Crippen molar-refractivity contribution in [2.24, 2.45) is 0 Å². The number of hydrogen-bond donors (Lipinski definition) is 1. The smallest absolute Gasteiger partial charge is 0.328 e. The van der Waals surface area contributed by atoms with Gasteiger partial charge in [-0.15, -0.1) is 0 Å². The van der Waals surface area contributed by atoms with Crippen LogP contribution in [0.15, 0.2) is 42.5 Å². The van der Waals surface area contributed by atoms with Gasteiger partial charge in [0.25, 0.3) is 0 Å². The van der Waals surface area contributed by atoms with E-state index >= 15 is 0 Å². The molecule has 0 aliphatic rings. The summed E-state index contributed by atoms with van der Waals surface area (Å²) < 4.78 is 17.1. The van der Waals surface area contributed by atoms with Gasteiger partial charge in [0.05, 0.1) is 6.61 Å². The highest BCUT2D eigenvalue weighted by Crippen LogP contribution is 2.29. The molecule has 0 aliphatic heterocycles. The molecular weight excluding hydrogens is 332 g/mol. The van der Waals surface area contributed by atoms with Crippen molar-refractivity contribution in [1.29, 1.82) is 0 Å². The molecule has 0 aliphatic carbocycles. The molecule has 2 aromatic rings. The van der Waals surface area contributed by atoms with E-state index in [1.165, 1.54) is 6.08 Å². The average molecular weight is 356 g/mol. The highest BCUT2D eigenvalue weighted by molar-refractivity contribution is 5.85. The number of carboxylic acid groups (broad SMARTS) is 1. The van der Waals surface area contributed by atoms with E-state index in [0.717, 1.165) is 28.5 Å². The molecule has 0 amide bonds. The molecular formula is C21H24O5. The van der Waals surface area contributed by atoms with Crippen molar-refractivity contribution in [2.45, 2.75) is 20.8 Å². The van der Waals surface area contributed by atoms with Crippen LogP contribution in [0.4, 0.5) is 0 Å². The summed E-state index contributed by atoms with van der Waals surface area (Å²) in [5.74, 6) is 1.01. The van der Waals surface area contributed by atoms with Crippen LogP contribution in [0.25, 0.3) is 6.08 Å². The van der Waals surface area contributed by atoms with Crippen molar-refractivity contribution >= 4 is 12.0 Å².